The Kier molecular flexibility index (Phi) is 6.22. The number of thioether (sulfide) groups is 1. The van der Waals surface area contributed by atoms with Crippen LogP contribution in [0.5, 0.6) is 0 Å². The first kappa shape index (κ1) is 19.9. The van der Waals surface area contributed by atoms with Crippen molar-refractivity contribution >= 4 is 39.2 Å². The first-order chi connectivity index (χ1) is 13.0. The summed E-state index contributed by atoms with van der Waals surface area (Å²) in [5, 5.41) is 10.0. The van der Waals surface area contributed by atoms with Gasteiger partial charge >= 0.3 is 0 Å². The third-order valence-electron chi connectivity index (χ3n) is 5.01. The summed E-state index contributed by atoms with van der Waals surface area (Å²) in [7, 11) is 1.69. The van der Waals surface area contributed by atoms with Gasteiger partial charge in [-0.3, -0.25) is 14.2 Å². The fourth-order valence-electron chi connectivity index (χ4n) is 3.37. The Hall–Kier alpha value is -1.85. The summed E-state index contributed by atoms with van der Waals surface area (Å²) >= 11 is 2.93. The number of aryl methyl sites for hydroxylation is 1. The number of nitriles is 1. The molecule has 0 spiro atoms. The molecule has 0 N–H and O–H groups in total. The molecular formula is C19H24N4O2S2. The van der Waals surface area contributed by atoms with Gasteiger partial charge in [-0.25, -0.2) is 4.98 Å². The topological polar surface area (TPSA) is 79.0 Å². The van der Waals surface area contributed by atoms with E-state index in [1.54, 1.807) is 27.9 Å². The van der Waals surface area contributed by atoms with E-state index in [1.165, 1.54) is 22.2 Å². The van der Waals surface area contributed by atoms with Gasteiger partial charge in [-0.05, 0) is 37.7 Å². The molecule has 1 aliphatic rings. The molecule has 0 unspecified atom stereocenters. The monoisotopic (exact) mass is 404 g/mol. The molecule has 0 aromatic carbocycles. The van der Waals surface area contributed by atoms with Gasteiger partial charge in [-0.2, -0.15) is 5.26 Å². The van der Waals surface area contributed by atoms with E-state index < -0.39 is 0 Å². The van der Waals surface area contributed by atoms with E-state index in [0.717, 1.165) is 29.5 Å². The number of thiophene rings is 1. The molecule has 0 saturated heterocycles. The van der Waals surface area contributed by atoms with E-state index >= 15 is 0 Å². The van der Waals surface area contributed by atoms with Gasteiger partial charge in [-0.1, -0.05) is 18.7 Å². The molecule has 1 aliphatic carbocycles. The SMILES string of the molecule is CCn1c(SCC(=O)N(C)CCC#N)nc2sc3c(c2c1=O)CC[C@@H](C)C3. The van der Waals surface area contributed by atoms with Crippen molar-refractivity contribution in [3.05, 3.63) is 20.8 Å². The Morgan fingerprint density at radius 3 is 3.00 bits per heavy atom. The number of fused-ring (bicyclic) bond motifs is 3. The standard InChI is InChI=1S/C19H24N4O2S2/c1-4-23-18(25)16-13-7-6-12(2)10-14(13)27-17(16)21-19(23)26-11-15(24)22(3)9-5-8-20/h12H,4-7,9-11H2,1-3H3/t12-/m1/s1. The highest BCUT2D eigenvalue weighted by atomic mass is 32.2. The van der Waals surface area contributed by atoms with Gasteiger partial charge in [0, 0.05) is 25.0 Å². The lowest BCUT2D eigenvalue weighted by molar-refractivity contribution is -0.127. The van der Waals surface area contributed by atoms with Gasteiger partial charge in [0.2, 0.25) is 5.91 Å². The third-order valence-corrected chi connectivity index (χ3v) is 7.12. The first-order valence-electron chi connectivity index (χ1n) is 9.25. The van der Waals surface area contributed by atoms with Gasteiger partial charge in [0.05, 0.1) is 23.6 Å². The zero-order valence-corrected chi connectivity index (χ0v) is 17.6. The molecule has 2 heterocycles. The van der Waals surface area contributed by atoms with Gasteiger partial charge in [0.1, 0.15) is 4.83 Å². The van der Waals surface area contributed by atoms with Crippen LogP contribution in [0, 0.1) is 17.2 Å². The summed E-state index contributed by atoms with van der Waals surface area (Å²) in [4.78, 5) is 33.7. The van der Waals surface area contributed by atoms with Gasteiger partial charge in [0.15, 0.2) is 5.16 Å². The number of carbonyl (C=O) groups is 1. The number of rotatable bonds is 6. The first-order valence-corrected chi connectivity index (χ1v) is 11.0. The van der Waals surface area contributed by atoms with E-state index in [0.29, 0.717) is 30.6 Å². The average molecular weight is 405 g/mol. The van der Waals surface area contributed by atoms with Crippen molar-refractivity contribution in [2.24, 2.45) is 5.92 Å². The molecule has 1 amide bonds. The molecule has 144 valence electrons. The number of nitrogens with zero attached hydrogens (tertiary/aromatic N) is 4. The fourth-order valence-corrected chi connectivity index (χ4v) is 5.80. The van der Waals surface area contributed by atoms with Crippen LogP contribution in [0.15, 0.2) is 9.95 Å². The number of hydrogen-bond acceptors (Lipinski definition) is 6. The molecule has 0 radical (unpaired) electrons. The molecule has 27 heavy (non-hydrogen) atoms. The van der Waals surface area contributed by atoms with Crippen LogP contribution in [0.1, 0.15) is 37.1 Å². The number of carbonyl (C=O) groups excluding carboxylic acids is 1. The molecule has 0 saturated carbocycles. The van der Waals surface area contributed by atoms with Crippen LogP contribution in [-0.2, 0) is 24.2 Å². The highest BCUT2D eigenvalue weighted by Crippen LogP contribution is 2.36. The highest BCUT2D eigenvalue weighted by molar-refractivity contribution is 7.99. The Morgan fingerprint density at radius 1 is 1.52 bits per heavy atom. The second kappa shape index (κ2) is 8.44. The van der Waals surface area contributed by atoms with Crippen molar-refractivity contribution in [3.63, 3.8) is 0 Å². The molecular weight excluding hydrogens is 380 g/mol. The van der Waals surface area contributed by atoms with Crippen LogP contribution in [0.4, 0.5) is 0 Å². The van der Waals surface area contributed by atoms with Crippen LogP contribution in [0.3, 0.4) is 0 Å². The molecule has 1 atom stereocenters. The smallest absolute Gasteiger partial charge is 0.263 e. The predicted molar refractivity (Wildman–Crippen MR) is 109 cm³/mol. The van der Waals surface area contributed by atoms with E-state index in [2.05, 4.69) is 6.92 Å². The minimum atomic E-state index is -0.0634. The van der Waals surface area contributed by atoms with Crippen molar-refractivity contribution < 1.29 is 4.79 Å². The maximum absolute atomic E-state index is 13.1. The fraction of sp³-hybridized carbons (Fsp3) is 0.579. The van der Waals surface area contributed by atoms with Gasteiger partial charge in [-0.15, -0.1) is 11.3 Å². The Balaban J connectivity index is 1.89. The zero-order valence-electron chi connectivity index (χ0n) is 15.9. The number of aromatic nitrogens is 2. The maximum Gasteiger partial charge on any atom is 0.263 e. The van der Waals surface area contributed by atoms with Crippen molar-refractivity contribution in [1.82, 2.24) is 14.5 Å². The van der Waals surface area contributed by atoms with E-state index in [4.69, 9.17) is 10.2 Å². The highest BCUT2D eigenvalue weighted by Gasteiger charge is 2.24. The van der Waals surface area contributed by atoms with Gasteiger partial charge in [0.25, 0.3) is 5.56 Å². The summed E-state index contributed by atoms with van der Waals surface area (Å²) in [5.74, 6) is 0.795. The van der Waals surface area contributed by atoms with Crippen LogP contribution in [0.25, 0.3) is 10.2 Å². The molecule has 0 fully saturated rings. The van der Waals surface area contributed by atoms with E-state index in [1.807, 2.05) is 13.0 Å². The lowest BCUT2D eigenvalue weighted by atomic mass is 9.89. The van der Waals surface area contributed by atoms with Crippen molar-refractivity contribution in [2.75, 3.05) is 19.3 Å². The van der Waals surface area contributed by atoms with E-state index in [9.17, 15) is 9.59 Å². The lowest BCUT2D eigenvalue weighted by Crippen LogP contribution is -2.30. The summed E-state index contributed by atoms with van der Waals surface area (Å²) in [5.41, 5.74) is 1.21. The largest absolute Gasteiger partial charge is 0.344 e. The second-order valence-corrected chi connectivity index (χ2v) is 9.01. The van der Waals surface area contributed by atoms with Crippen LogP contribution in [0.2, 0.25) is 0 Å². The predicted octanol–water partition coefficient (Wildman–Crippen LogP) is 3.07. The van der Waals surface area contributed by atoms with Crippen LogP contribution in [-0.4, -0.2) is 39.7 Å². The molecule has 0 bridgehead atoms. The molecule has 2 aromatic heterocycles. The minimum Gasteiger partial charge on any atom is -0.344 e. The van der Waals surface area contributed by atoms with E-state index in [-0.39, 0.29) is 17.2 Å². The Labute approximate surface area is 167 Å². The molecule has 6 nitrogen and oxygen atoms in total. The number of hydrogen-bond donors (Lipinski definition) is 0. The second-order valence-electron chi connectivity index (χ2n) is 6.99. The van der Waals surface area contributed by atoms with Crippen molar-refractivity contribution in [3.8, 4) is 6.07 Å². The molecule has 2 aromatic rings. The summed E-state index contributed by atoms with van der Waals surface area (Å²) in [6.07, 6.45) is 3.40. The van der Waals surface area contributed by atoms with Gasteiger partial charge < -0.3 is 4.90 Å². The third kappa shape index (κ3) is 4.04. The quantitative estimate of drug-likeness (QED) is 0.546. The molecule has 0 aliphatic heterocycles. The number of amides is 1. The average Bonchev–Trinajstić information content (AvgIpc) is 3.01. The molecule has 8 heteroatoms. The Bertz CT molecular complexity index is 957. The zero-order chi connectivity index (χ0) is 19.6. The van der Waals surface area contributed by atoms with Crippen molar-refractivity contribution in [2.45, 2.75) is 51.2 Å². The summed E-state index contributed by atoms with van der Waals surface area (Å²) in [6.45, 7) is 5.13. The molecule has 3 rings (SSSR count). The maximum atomic E-state index is 13.1. The van der Waals surface area contributed by atoms with Crippen LogP contribution < -0.4 is 5.56 Å². The lowest BCUT2D eigenvalue weighted by Gasteiger charge is -2.18. The summed E-state index contributed by atoms with van der Waals surface area (Å²) in [6, 6.07) is 2.04. The minimum absolute atomic E-state index is 0.0161. The van der Waals surface area contributed by atoms with Crippen molar-refractivity contribution in [1.29, 1.82) is 5.26 Å². The Morgan fingerprint density at radius 2 is 2.30 bits per heavy atom. The summed E-state index contributed by atoms with van der Waals surface area (Å²) < 4.78 is 1.68. The normalized spacial score (nSPS) is 16.1. The van der Waals surface area contributed by atoms with Crippen LogP contribution >= 0.6 is 23.1 Å².